The van der Waals surface area contributed by atoms with Crippen LogP contribution in [0, 0.1) is 15.9 Å². The molecule has 0 aliphatic rings. The number of carbonyl (C=O) groups excluding carboxylic acids is 2. The highest BCUT2D eigenvalue weighted by Gasteiger charge is 2.35. The molecule has 0 spiro atoms. The zero-order valence-corrected chi connectivity index (χ0v) is 24.1. The van der Waals surface area contributed by atoms with Gasteiger partial charge >= 0.3 is 0 Å². The maximum atomic E-state index is 14.0. The third-order valence-corrected chi connectivity index (χ3v) is 7.88. The molecule has 0 bridgehead atoms. The van der Waals surface area contributed by atoms with E-state index in [0.717, 1.165) is 10.4 Å². The van der Waals surface area contributed by atoms with Crippen molar-refractivity contribution >= 4 is 33.2 Å². The lowest BCUT2D eigenvalue weighted by Crippen LogP contribution is -2.55. The third kappa shape index (κ3) is 8.10. The molecule has 0 aliphatic carbocycles. The van der Waals surface area contributed by atoms with Gasteiger partial charge in [-0.05, 0) is 63.1 Å². The molecule has 12 heteroatoms. The van der Waals surface area contributed by atoms with E-state index >= 15 is 0 Å². The molecule has 1 atom stereocenters. The van der Waals surface area contributed by atoms with E-state index < -0.39 is 50.7 Å². The van der Waals surface area contributed by atoms with Gasteiger partial charge in [0.1, 0.15) is 18.4 Å². The smallest absolute Gasteiger partial charge is 0.271 e. The van der Waals surface area contributed by atoms with Gasteiger partial charge in [-0.15, -0.1) is 0 Å². The Morgan fingerprint density at radius 3 is 2.20 bits per heavy atom. The van der Waals surface area contributed by atoms with Crippen LogP contribution in [0.4, 0.5) is 15.8 Å². The Labute approximate surface area is 239 Å². The van der Waals surface area contributed by atoms with Gasteiger partial charge in [-0.25, -0.2) is 12.8 Å². The van der Waals surface area contributed by atoms with Crippen LogP contribution in [-0.2, 0) is 26.2 Å². The zero-order valence-electron chi connectivity index (χ0n) is 23.3. The lowest BCUT2D eigenvalue weighted by atomic mass is 10.1. The monoisotopic (exact) mass is 584 g/mol. The Bertz CT molecular complexity index is 1490. The Kier molecular flexibility index (Phi) is 9.82. The first-order valence-corrected chi connectivity index (χ1v) is 14.3. The highest BCUT2D eigenvalue weighted by molar-refractivity contribution is 7.92. The molecule has 218 valence electrons. The number of nitrogens with zero attached hydrogens (tertiary/aromatic N) is 3. The summed E-state index contributed by atoms with van der Waals surface area (Å²) in [5.41, 5.74) is -0.539. The Balaban J connectivity index is 2.10. The third-order valence-electron chi connectivity index (χ3n) is 6.09. The summed E-state index contributed by atoms with van der Waals surface area (Å²) < 4.78 is 42.0. The van der Waals surface area contributed by atoms with Crippen molar-refractivity contribution in [1.82, 2.24) is 10.2 Å². The number of anilines is 1. The van der Waals surface area contributed by atoms with Crippen molar-refractivity contribution in [2.45, 2.75) is 57.1 Å². The molecule has 0 saturated carbocycles. The maximum absolute atomic E-state index is 14.0. The lowest BCUT2D eigenvalue weighted by Gasteiger charge is -2.34. The number of benzene rings is 3. The van der Waals surface area contributed by atoms with E-state index in [1.54, 1.807) is 33.8 Å². The number of carbonyl (C=O) groups is 2. The molecule has 3 aromatic rings. The maximum Gasteiger partial charge on any atom is 0.271 e. The number of hydrogen-bond acceptors (Lipinski definition) is 6. The van der Waals surface area contributed by atoms with Crippen molar-refractivity contribution in [3.05, 3.63) is 100 Å². The van der Waals surface area contributed by atoms with Gasteiger partial charge in [-0.2, -0.15) is 0 Å². The molecule has 2 amide bonds. The standard InChI is InChI=1S/C29H33FN4O6S/c1-5-26(28(36)31-29(2,3)4)32(19-21-14-16-22(30)17-15-21)27(35)20-33(23-10-9-11-24(18-23)34(37)38)41(39,40)25-12-7-6-8-13-25/h6-18,26H,5,19-20H2,1-4H3,(H,31,36)/t26-/m1/s1. The van der Waals surface area contributed by atoms with Crippen LogP contribution >= 0.6 is 0 Å². The summed E-state index contributed by atoms with van der Waals surface area (Å²) in [6, 6.07) is 16.8. The molecule has 0 radical (unpaired) electrons. The molecule has 0 aromatic heterocycles. The molecule has 3 rings (SSSR count). The topological polar surface area (TPSA) is 130 Å². The molecule has 0 aliphatic heterocycles. The fourth-order valence-corrected chi connectivity index (χ4v) is 5.60. The number of halogens is 1. The molecular weight excluding hydrogens is 551 g/mol. The fraction of sp³-hybridized carbons (Fsp3) is 0.310. The first-order chi connectivity index (χ1) is 19.2. The molecule has 1 N–H and O–H groups in total. The van der Waals surface area contributed by atoms with Gasteiger partial charge in [0.15, 0.2) is 0 Å². The van der Waals surface area contributed by atoms with Crippen LogP contribution in [-0.4, -0.2) is 48.2 Å². The number of hydrogen-bond donors (Lipinski definition) is 1. The molecule has 3 aromatic carbocycles. The second-order valence-corrected chi connectivity index (χ2v) is 12.3. The van der Waals surface area contributed by atoms with E-state index in [4.69, 9.17) is 0 Å². The summed E-state index contributed by atoms with van der Waals surface area (Å²) in [6.07, 6.45) is 0.205. The molecule has 41 heavy (non-hydrogen) atoms. The summed E-state index contributed by atoms with van der Waals surface area (Å²) in [5, 5.41) is 14.3. The molecule has 0 fully saturated rings. The predicted molar refractivity (Wildman–Crippen MR) is 153 cm³/mol. The molecular formula is C29H33FN4O6S. The van der Waals surface area contributed by atoms with Crippen LogP contribution in [0.3, 0.4) is 0 Å². The van der Waals surface area contributed by atoms with Gasteiger partial charge in [0.05, 0.1) is 15.5 Å². The van der Waals surface area contributed by atoms with E-state index in [1.807, 2.05) is 0 Å². The van der Waals surface area contributed by atoms with Gasteiger partial charge in [0.25, 0.3) is 15.7 Å². The van der Waals surface area contributed by atoms with E-state index in [9.17, 15) is 32.5 Å². The summed E-state index contributed by atoms with van der Waals surface area (Å²) in [4.78, 5) is 39.2. The average Bonchev–Trinajstić information content (AvgIpc) is 2.92. The number of amides is 2. The molecule has 10 nitrogen and oxygen atoms in total. The molecule has 0 unspecified atom stereocenters. The van der Waals surface area contributed by atoms with Gasteiger partial charge < -0.3 is 10.2 Å². The summed E-state index contributed by atoms with van der Waals surface area (Å²) in [6.45, 7) is 6.24. The van der Waals surface area contributed by atoms with Crippen LogP contribution in [0.25, 0.3) is 0 Å². The van der Waals surface area contributed by atoms with Gasteiger partial charge in [-0.1, -0.05) is 43.3 Å². The van der Waals surface area contributed by atoms with Crippen molar-refractivity contribution in [3.63, 3.8) is 0 Å². The van der Waals surface area contributed by atoms with Gasteiger partial charge in [-0.3, -0.25) is 24.0 Å². The first-order valence-electron chi connectivity index (χ1n) is 12.9. The first kappa shape index (κ1) is 31.2. The number of non-ortho nitro benzene ring substituents is 1. The van der Waals surface area contributed by atoms with Crippen molar-refractivity contribution < 1.29 is 27.3 Å². The fourth-order valence-electron chi connectivity index (χ4n) is 4.17. The van der Waals surface area contributed by atoms with Crippen molar-refractivity contribution in [3.8, 4) is 0 Å². The summed E-state index contributed by atoms with van der Waals surface area (Å²) in [7, 11) is -4.37. The van der Waals surface area contributed by atoms with E-state index in [2.05, 4.69) is 5.32 Å². The number of nitro benzene ring substituents is 1. The van der Waals surface area contributed by atoms with Crippen LogP contribution in [0.2, 0.25) is 0 Å². The SMILES string of the molecule is CC[C@H](C(=O)NC(C)(C)C)N(Cc1ccc(F)cc1)C(=O)CN(c1cccc([N+](=O)[O-])c1)S(=O)(=O)c1ccccc1. The molecule has 0 heterocycles. The van der Waals surface area contributed by atoms with Crippen molar-refractivity contribution in [2.75, 3.05) is 10.8 Å². The highest BCUT2D eigenvalue weighted by Crippen LogP contribution is 2.28. The highest BCUT2D eigenvalue weighted by atomic mass is 32.2. The minimum Gasteiger partial charge on any atom is -0.350 e. The molecule has 0 saturated heterocycles. The van der Waals surface area contributed by atoms with Crippen LogP contribution in [0.1, 0.15) is 39.7 Å². The summed E-state index contributed by atoms with van der Waals surface area (Å²) >= 11 is 0. The van der Waals surface area contributed by atoms with Gasteiger partial charge in [0.2, 0.25) is 11.8 Å². The van der Waals surface area contributed by atoms with E-state index in [0.29, 0.717) is 5.56 Å². The number of nitrogens with one attached hydrogen (secondary N) is 1. The minimum atomic E-state index is -4.37. The second-order valence-electron chi connectivity index (χ2n) is 10.4. The zero-order chi connectivity index (χ0) is 30.4. The van der Waals surface area contributed by atoms with Gasteiger partial charge in [0, 0.05) is 24.2 Å². The quantitative estimate of drug-likeness (QED) is 0.258. The predicted octanol–water partition coefficient (Wildman–Crippen LogP) is 4.65. The Morgan fingerprint density at radius 1 is 1.00 bits per heavy atom. The second kappa shape index (κ2) is 12.9. The van der Waals surface area contributed by atoms with Crippen molar-refractivity contribution in [1.29, 1.82) is 0 Å². The normalized spacial score (nSPS) is 12.3. The van der Waals surface area contributed by atoms with E-state index in [1.165, 1.54) is 71.6 Å². The average molecular weight is 585 g/mol. The number of rotatable bonds is 11. The van der Waals surface area contributed by atoms with Crippen LogP contribution < -0.4 is 9.62 Å². The van der Waals surface area contributed by atoms with Crippen LogP contribution in [0.5, 0.6) is 0 Å². The minimum absolute atomic E-state index is 0.0923. The Morgan fingerprint density at radius 2 is 1.63 bits per heavy atom. The largest absolute Gasteiger partial charge is 0.350 e. The number of nitro groups is 1. The van der Waals surface area contributed by atoms with Crippen molar-refractivity contribution in [2.24, 2.45) is 0 Å². The summed E-state index contributed by atoms with van der Waals surface area (Å²) in [5.74, 6) is -1.64. The Hall–Kier alpha value is -4.32. The lowest BCUT2D eigenvalue weighted by molar-refractivity contribution is -0.384. The van der Waals surface area contributed by atoms with Crippen LogP contribution in [0.15, 0.2) is 83.8 Å². The van der Waals surface area contributed by atoms with E-state index in [-0.39, 0.29) is 29.2 Å². The number of sulfonamides is 1.